The van der Waals surface area contributed by atoms with Crippen LogP contribution in [0.4, 0.5) is 11.4 Å². The number of aromatic nitrogens is 1. The van der Waals surface area contributed by atoms with E-state index in [-0.39, 0.29) is 33.5 Å². The Morgan fingerprint density at radius 1 is 1.26 bits per heavy atom. The molecule has 2 aliphatic heterocycles. The zero-order valence-electron chi connectivity index (χ0n) is 19.3. The highest BCUT2D eigenvalue weighted by atomic mass is 32.2. The van der Waals surface area contributed by atoms with Crippen molar-refractivity contribution in [2.75, 3.05) is 16.3 Å². The maximum atomic E-state index is 13.5. The largest absolute Gasteiger partial charge is 0.494 e. The van der Waals surface area contributed by atoms with Gasteiger partial charge in [-0.1, -0.05) is 13.8 Å². The average molecular weight is 509 g/mol. The van der Waals surface area contributed by atoms with E-state index >= 15 is 0 Å². The number of aromatic hydroxyl groups is 1. The number of benzene rings is 1. The van der Waals surface area contributed by atoms with E-state index in [1.807, 2.05) is 0 Å². The molecular weight excluding hydrogens is 480 g/mol. The predicted octanol–water partition coefficient (Wildman–Crippen LogP) is 2.41. The van der Waals surface area contributed by atoms with Crippen molar-refractivity contribution in [3.8, 4) is 5.88 Å². The normalized spacial score (nSPS) is 16.9. The molecule has 4 rings (SSSR count). The van der Waals surface area contributed by atoms with Gasteiger partial charge in [0, 0.05) is 23.5 Å². The first-order valence-corrected chi connectivity index (χ1v) is 14.4. The number of hydrogen-bond donors (Lipinski definition) is 3. The molecule has 0 bridgehead atoms. The fourth-order valence-electron chi connectivity index (χ4n) is 4.35. The van der Waals surface area contributed by atoms with Gasteiger partial charge in [0.2, 0.25) is 15.9 Å². The molecule has 3 N–H and O–H groups in total. The minimum atomic E-state index is -4.28. The lowest BCUT2D eigenvalue weighted by Gasteiger charge is -2.26. The van der Waals surface area contributed by atoms with Gasteiger partial charge in [0.1, 0.15) is 10.5 Å². The van der Waals surface area contributed by atoms with Crippen LogP contribution in [0.15, 0.2) is 32.3 Å². The number of rotatable bonds is 6. The summed E-state index contributed by atoms with van der Waals surface area (Å²) >= 11 is 0. The van der Waals surface area contributed by atoms with Gasteiger partial charge in [0.15, 0.2) is 11.3 Å². The van der Waals surface area contributed by atoms with Gasteiger partial charge in [-0.05, 0) is 56.2 Å². The molecule has 0 aliphatic carbocycles. The molecule has 34 heavy (non-hydrogen) atoms. The zero-order chi connectivity index (χ0) is 24.8. The van der Waals surface area contributed by atoms with Crippen molar-refractivity contribution >= 4 is 37.3 Å². The zero-order valence-corrected chi connectivity index (χ0v) is 20.9. The third kappa shape index (κ3) is 4.69. The van der Waals surface area contributed by atoms with E-state index < -0.39 is 25.5 Å². The number of sulfonamides is 2. The fraction of sp³-hybridized carbons (Fsp3) is 0.455. The molecule has 3 heterocycles. The maximum Gasteiger partial charge on any atom is 0.286 e. The smallest absolute Gasteiger partial charge is 0.286 e. The quantitative estimate of drug-likeness (QED) is 0.543. The summed E-state index contributed by atoms with van der Waals surface area (Å²) in [5.41, 5.74) is 0.992. The van der Waals surface area contributed by atoms with Crippen LogP contribution < -0.4 is 15.5 Å². The number of hydrogen-bond acceptors (Lipinski definition) is 7. The molecule has 184 valence electrons. The van der Waals surface area contributed by atoms with Gasteiger partial charge in [-0.3, -0.25) is 9.52 Å². The van der Waals surface area contributed by atoms with E-state index in [0.29, 0.717) is 30.9 Å². The molecule has 0 radical (unpaired) electrons. The van der Waals surface area contributed by atoms with Crippen LogP contribution in [0.25, 0.3) is 0 Å². The Kier molecular flexibility index (Phi) is 6.23. The van der Waals surface area contributed by atoms with Crippen molar-refractivity contribution in [1.82, 2.24) is 4.57 Å². The number of anilines is 2. The molecule has 0 saturated carbocycles. The Balaban J connectivity index is 1.85. The van der Waals surface area contributed by atoms with Crippen LogP contribution in [-0.2, 0) is 39.4 Å². The lowest BCUT2D eigenvalue weighted by atomic mass is 9.94. The van der Waals surface area contributed by atoms with E-state index in [2.05, 4.69) is 28.3 Å². The van der Waals surface area contributed by atoms with Gasteiger partial charge in [-0.2, -0.15) is 8.42 Å². The second kappa shape index (κ2) is 8.73. The number of nitrogens with zero attached hydrogens (tertiary/aromatic N) is 2. The Labute approximate surface area is 198 Å². The van der Waals surface area contributed by atoms with Crippen LogP contribution in [0.3, 0.4) is 0 Å². The summed E-state index contributed by atoms with van der Waals surface area (Å²) in [5.74, 6) is -0.174. The summed E-state index contributed by atoms with van der Waals surface area (Å²) in [6.07, 6.45) is 4.69. The molecule has 1 aromatic carbocycles. The van der Waals surface area contributed by atoms with Crippen LogP contribution in [0.5, 0.6) is 5.88 Å². The van der Waals surface area contributed by atoms with Crippen LogP contribution in [-0.4, -0.2) is 38.6 Å². The third-order valence-electron chi connectivity index (χ3n) is 5.94. The molecule has 12 heteroatoms. The molecule has 0 amide bonds. The van der Waals surface area contributed by atoms with Gasteiger partial charge in [0.25, 0.3) is 10.0 Å². The van der Waals surface area contributed by atoms with Crippen molar-refractivity contribution in [3.05, 3.63) is 45.2 Å². The second-order valence-electron chi connectivity index (χ2n) is 9.12. The summed E-state index contributed by atoms with van der Waals surface area (Å²) in [6, 6.07) is 3.95. The van der Waals surface area contributed by atoms with Gasteiger partial charge >= 0.3 is 0 Å². The molecule has 0 atom stereocenters. The summed E-state index contributed by atoms with van der Waals surface area (Å²) in [5, 5.41) is 13.9. The monoisotopic (exact) mass is 508 g/mol. The minimum Gasteiger partial charge on any atom is -0.494 e. The SMILES string of the molecule is CC(C)CCc1c2n(c(O)c(C3=NS(=O)(=O)c4cc(NS(C)(=O)=O)ccc4N3)c1=O)CCCC2. The minimum absolute atomic E-state index is 0.0675. The average Bonchev–Trinajstić information content (AvgIpc) is 2.72. The Bertz CT molecular complexity index is 1460. The van der Waals surface area contributed by atoms with Crippen LogP contribution in [0.2, 0.25) is 0 Å². The maximum absolute atomic E-state index is 13.5. The lowest BCUT2D eigenvalue weighted by molar-refractivity contribution is 0.379. The highest BCUT2D eigenvalue weighted by molar-refractivity contribution is 7.92. The van der Waals surface area contributed by atoms with E-state index in [4.69, 9.17) is 0 Å². The molecule has 0 unspecified atom stereocenters. The van der Waals surface area contributed by atoms with Gasteiger partial charge in [-0.25, -0.2) is 8.42 Å². The lowest BCUT2D eigenvalue weighted by Crippen LogP contribution is -2.33. The number of nitrogens with one attached hydrogen (secondary N) is 2. The van der Waals surface area contributed by atoms with Gasteiger partial charge < -0.3 is 15.0 Å². The topological polar surface area (TPSA) is 147 Å². The summed E-state index contributed by atoms with van der Waals surface area (Å²) in [7, 11) is -7.89. The Morgan fingerprint density at radius 2 is 2.00 bits per heavy atom. The highest BCUT2D eigenvalue weighted by Gasteiger charge is 2.32. The van der Waals surface area contributed by atoms with E-state index in [9.17, 15) is 26.7 Å². The fourth-order valence-corrected chi connectivity index (χ4v) is 6.05. The number of pyridine rings is 1. The predicted molar refractivity (Wildman–Crippen MR) is 131 cm³/mol. The summed E-state index contributed by atoms with van der Waals surface area (Å²) in [6.45, 7) is 4.66. The highest BCUT2D eigenvalue weighted by Crippen LogP contribution is 2.33. The first kappa shape index (κ1) is 24.3. The molecular formula is C22H28N4O6S2. The molecule has 0 spiro atoms. The first-order valence-electron chi connectivity index (χ1n) is 11.1. The number of fused-ring (bicyclic) bond motifs is 2. The van der Waals surface area contributed by atoms with Gasteiger partial charge in [-0.15, -0.1) is 4.40 Å². The molecule has 0 saturated heterocycles. The molecule has 2 aliphatic rings. The molecule has 0 fully saturated rings. The Morgan fingerprint density at radius 3 is 2.68 bits per heavy atom. The molecule has 1 aromatic heterocycles. The van der Waals surface area contributed by atoms with Crippen LogP contribution in [0.1, 0.15) is 49.9 Å². The van der Waals surface area contributed by atoms with Crippen LogP contribution >= 0.6 is 0 Å². The van der Waals surface area contributed by atoms with Crippen molar-refractivity contribution in [3.63, 3.8) is 0 Å². The summed E-state index contributed by atoms with van der Waals surface area (Å²) < 4.78 is 56.7. The van der Waals surface area contributed by atoms with E-state index in [0.717, 1.165) is 37.3 Å². The third-order valence-corrected chi connectivity index (χ3v) is 7.86. The van der Waals surface area contributed by atoms with Crippen molar-refractivity contribution in [2.45, 2.75) is 57.4 Å². The van der Waals surface area contributed by atoms with E-state index in [1.54, 1.807) is 4.57 Å². The first-order chi connectivity index (χ1) is 15.9. The van der Waals surface area contributed by atoms with Gasteiger partial charge in [0.05, 0.1) is 11.9 Å². The van der Waals surface area contributed by atoms with Crippen molar-refractivity contribution in [1.29, 1.82) is 0 Å². The second-order valence-corrected chi connectivity index (χ2v) is 12.4. The molecule has 2 aromatic rings. The standard InChI is InChI=1S/C22H28N4O6S2/c1-13(2)7-9-15-17-6-4-5-11-26(17)22(28)19(20(15)27)21-23-16-10-8-14(24-33(3,29)30)12-18(16)34(31,32)25-21/h8,10,12-13,24,28H,4-7,9,11H2,1-3H3,(H,23,25). The van der Waals surface area contributed by atoms with E-state index in [1.165, 1.54) is 12.1 Å². The van der Waals surface area contributed by atoms with Crippen LogP contribution in [0, 0.1) is 5.92 Å². The van der Waals surface area contributed by atoms with Crippen molar-refractivity contribution < 1.29 is 21.9 Å². The Hall–Kier alpha value is -2.86. The number of amidine groups is 1. The molecule has 10 nitrogen and oxygen atoms in total. The van der Waals surface area contributed by atoms with Crippen molar-refractivity contribution in [2.24, 2.45) is 10.3 Å². The summed E-state index contributed by atoms with van der Waals surface area (Å²) in [4.78, 5) is 13.3.